The first-order valence-electron chi connectivity index (χ1n) is 10.9. The molecule has 1 saturated heterocycles. The predicted molar refractivity (Wildman–Crippen MR) is 127 cm³/mol. The first kappa shape index (κ1) is 20.3. The Labute approximate surface area is 187 Å². The highest BCUT2D eigenvalue weighted by atomic mass is 15.3. The van der Waals surface area contributed by atoms with Crippen LogP contribution < -0.4 is 10.2 Å². The fourth-order valence-corrected chi connectivity index (χ4v) is 3.97. The van der Waals surface area contributed by atoms with Crippen molar-refractivity contribution in [3.05, 3.63) is 60.9 Å². The third kappa shape index (κ3) is 4.22. The van der Waals surface area contributed by atoms with Gasteiger partial charge in [-0.3, -0.25) is 9.97 Å². The SMILES string of the molecule is Cc1nccnc1Nc1ccnc2cc(-c3cnc(N4CCCN(C)CC4)nc3)ccc12. The molecule has 1 aliphatic rings. The maximum Gasteiger partial charge on any atom is 0.225 e. The molecule has 1 N–H and O–H groups in total. The Morgan fingerprint density at radius 2 is 1.66 bits per heavy atom. The Kier molecular flexibility index (Phi) is 5.60. The van der Waals surface area contributed by atoms with Crippen molar-refractivity contribution in [1.29, 1.82) is 0 Å². The third-order valence-electron chi connectivity index (χ3n) is 5.85. The van der Waals surface area contributed by atoms with Gasteiger partial charge in [0, 0.05) is 61.6 Å². The summed E-state index contributed by atoms with van der Waals surface area (Å²) in [6, 6.07) is 8.18. The number of likely N-dealkylation sites (N-methyl/N-ethyl adjacent to an activating group) is 1. The average Bonchev–Trinajstić information content (AvgIpc) is 3.05. The lowest BCUT2D eigenvalue weighted by molar-refractivity contribution is 0.360. The third-order valence-corrected chi connectivity index (χ3v) is 5.85. The zero-order valence-electron chi connectivity index (χ0n) is 18.4. The fraction of sp³-hybridized carbons (Fsp3) is 0.292. The number of benzene rings is 1. The van der Waals surface area contributed by atoms with E-state index >= 15 is 0 Å². The quantitative estimate of drug-likeness (QED) is 0.529. The first-order chi connectivity index (χ1) is 15.7. The van der Waals surface area contributed by atoms with Gasteiger partial charge >= 0.3 is 0 Å². The second kappa shape index (κ2) is 8.84. The molecule has 0 spiro atoms. The number of anilines is 3. The molecule has 1 aliphatic heterocycles. The number of nitrogens with one attached hydrogen (secondary N) is 1. The van der Waals surface area contributed by atoms with Crippen molar-refractivity contribution in [3.63, 3.8) is 0 Å². The van der Waals surface area contributed by atoms with Gasteiger partial charge in [0.05, 0.1) is 16.9 Å². The van der Waals surface area contributed by atoms with Crippen LogP contribution in [0, 0.1) is 6.92 Å². The number of hydrogen-bond donors (Lipinski definition) is 1. The molecule has 5 rings (SSSR count). The number of rotatable bonds is 4. The highest BCUT2D eigenvalue weighted by molar-refractivity contribution is 5.95. The van der Waals surface area contributed by atoms with Gasteiger partial charge in [0.15, 0.2) is 5.82 Å². The highest BCUT2D eigenvalue weighted by Crippen LogP contribution is 2.29. The van der Waals surface area contributed by atoms with E-state index in [0.717, 1.165) is 77.8 Å². The molecule has 1 fully saturated rings. The molecule has 3 aromatic heterocycles. The summed E-state index contributed by atoms with van der Waals surface area (Å²) < 4.78 is 0. The maximum absolute atomic E-state index is 4.66. The smallest absolute Gasteiger partial charge is 0.225 e. The van der Waals surface area contributed by atoms with Crippen LogP contribution in [0.2, 0.25) is 0 Å². The molecule has 0 radical (unpaired) electrons. The summed E-state index contributed by atoms with van der Waals surface area (Å²) in [5, 5.41) is 4.40. The van der Waals surface area contributed by atoms with E-state index in [1.165, 1.54) is 0 Å². The Morgan fingerprint density at radius 1 is 0.812 bits per heavy atom. The van der Waals surface area contributed by atoms with Gasteiger partial charge in [-0.2, -0.15) is 0 Å². The summed E-state index contributed by atoms with van der Waals surface area (Å²) in [6.45, 7) is 6.03. The highest BCUT2D eigenvalue weighted by Gasteiger charge is 2.15. The molecule has 8 nitrogen and oxygen atoms in total. The van der Waals surface area contributed by atoms with Crippen LogP contribution in [-0.2, 0) is 0 Å². The van der Waals surface area contributed by atoms with E-state index in [4.69, 9.17) is 0 Å². The molecular formula is C24H26N8. The Hall–Kier alpha value is -3.65. The van der Waals surface area contributed by atoms with Crippen molar-refractivity contribution in [3.8, 4) is 11.1 Å². The molecule has 32 heavy (non-hydrogen) atoms. The first-order valence-corrected chi connectivity index (χ1v) is 10.9. The number of fused-ring (bicyclic) bond motifs is 1. The van der Waals surface area contributed by atoms with Crippen LogP contribution in [0.5, 0.6) is 0 Å². The van der Waals surface area contributed by atoms with E-state index in [0.29, 0.717) is 0 Å². The monoisotopic (exact) mass is 426 g/mol. The standard InChI is InChI=1S/C24H26N8/c1-17-23(27-9-8-25-17)30-21-6-7-26-22-14-18(4-5-20(21)22)19-15-28-24(29-16-19)32-11-3-10-31(2)12-13-32/h4-9,14-16H,3,10-13H2,1-2H3,(H,26,27,30). The number of pyridine rings is 1. The summed E-state index contributed by atoms with van der Waals surface area (Å²) >= 11 is 0. The van der Waals surface area contributed by atoms with Gasteiger partial charge in [-0.25, -0.2) is 15.0 Å². The summed E-state index contributed by atoms with van der Waals surface area (Å²) in [4.78, 5) is 27.2. The Morgan fingerprint density at radius 3 is 2.50 bits per heavy atom. The van der Waals surface area contributed by atoms with Crippen LogP contribution in [0.25, 0.3) is 22.0 Å². The number of nitrogens with zero attached hydrogens (tertiary/aromatic N) is 7. The number of hydrogen-bond acceptors (Lipinski definition) is 8. The topological polar surface area (TPSA) is 83.0 Å². The minimum atomic E-state index is 0.743. The van der Waals surface area contributed by atoms with E-state index in [9.17, 15) is 0 Å². The summed E-state index contributed by atoms with van der Waals surface area (Å²) in [5.41, 5.74) is 4.71. The number of aromatic nitrogens is 5. The van der Waals surface area contributed by atoms with Gasteiger partial charge < -0.3 is 15.1 Å². The molecule has 0 amide bonds. The largest absolute Gasteiger partial charge is 0.339 e. The van der Waals surface area contributed by atoms with Gasteiger partial charge in [-0.05, 0) is 44.6 Å². The van der Waals surface area contributed by atoms with Crippen LogP contribution in [0.3, 0.4) is 0 Å². The van der Waals surface area contributed by atoms with Crippen molar-refractivity contribution >= 4 is 28.4 Å². The molecule has 4 heterocycles. The zero-order valence-corrected chi connectivity index (χ0v) is 18.4. The van der Waals surface area contributed by atoms with Gasteiger partial charge in [0.2, 0.25) is 5.95 Å². The van der Waals surface area contributed by atoms with Crippen molar-refractivity contribution in [2.45, 2.75) is 13.3 Å². The average molecular weight is 427 g/mol. The molecule has 8 heteroatoms. The van der Waals surface area contributed by atoms with Crippen molar-refractivity contribution < 1.29 is 0 Å². The second-order valence-electron chi connectivity index (χ2n) is 8.12. The van der Waals surface area contributed by atoms with Crippen molar-refractivity contribution in [2.24, 2.45) is 0 Å². The van der Waals surface area contributed by atoms with E-state index in [1.807, 2.05) is 25.4 Å². The molecule has 0 aliphatic carbocycles. The van der Waals surface area contributed by atoms with E-state index in [-0.39, 0.29) is 0 Å². The Bertz CT molecular complexity index is 1220. The summed E-state index contributed by atoms with van der Waals surface area (Å²) in [6.07, 6.45) is 10.1. The van der Waals surface area contributed by atoms with Crippen LogP contribution in [0.4, 0.5) is 17.5 Å². The minimum Gasteiger partial charge on any atom is -0.339 e. The molecule has 4 aromatic rings. The van der Waals surface area contributed by atoms with Crippen molar-refractivity contribution in [1.82, 2.24) is 29.8 Å². The molecule has 1 aromatic carbocycles. The summed E-state index contributed by atoms with van der Waals surface area (Å²) in [5.74, 6) is 1.54. The van der Waals surface area contributed by atoms with Gasteiger partial charge in [0.1, 0.15) is 0 Å². The molecule has 0 bridgehead atoms. The van der Waals surface area contributed by atoms with E-state index in [1.54, 1.807) is 18.6 Å². The van der Waals surface area contributed by atoms with Gasteiger partial charge in [-0.15, -0.1) is 0 Å². The van der Waals surface area contributed by atoms with E-state index < -0.39 is 0 Å². The lowest BCUT2D eigenvalue weighted by Gasteiger charge is -2.20. The zero-order chi connectivity index (χ0) is 21.9. The number of aryl methyl sites for hydroxylation is 1. The Balaban J connectivity index is 1.40. The maximum atomic E-state index is 4.66. The van der Waals surface area contributed by atoms with E-state index in [2.05, 4.69) is 65.3 Å². The molecule has 0 atom stereocenters. The molecular weight excluding hydrogens is 400 g/mol. The molecule has 162 valence electrons. The predicted octanol–water partition coefficient (Wildman–Crippen LogP) is 3.68. The lowest BCUT2D eigenvalue weighted by Crippen LogP contribution is -2.30. The van der Waals surface area contributed by atoms with Crippen LogP contribution >= 0.6 is 0 Å². The van der Waals surface area contributed by atoms with Crippen LogP contribution in [0.15, 0.2) is 55.2 Å². The summed E-state index contributed by atoms with van der Waals surface area (Å²) in [7, 11) is 2.16. The van der Waals surface area contributed by atoms with Crippen LogP contribution in [-0.4, -0.2) is 63.0 Å². The lowest BCUT2D eigenvalue weighted by atomic mass is 10.1. The van der Waals surface area contributed by atoms with Gasteiger partial charge in [0.25, 0.3) is 0 Å². The normalized spacial score (nSPS) is 15.0. The molecule has 0 saturated carbocycles. The minimum absolute atomic E-state index is 0.743. The van der Waals surface area contributed by atoms with Gasteiger partial charge in [-0.1, -0.05) is 12.1 Å². The van der Waals surface area contributed by atoms with Crippen LogP contribution in [0.1, 0.15) is 12.1 Å². The second-order valence-corrected chi connectivity index (χ2v) is 8.12. The van der Waals surface area contributed by atoms with Crippen molar-refractivity contribution in [2.75, 3.05) is 43.4 Å². The molecule has 0 unspecified atom stereocenters. The fourth-order valence-electron chi connectivity index (χ4n) is 3.97.